The van der Waals surface area contributed by atoms with Gasteiger partial charge in [-0.1, -0.05) is 13.8 Å². The fourth-order valence-corrected chi connectivity index (χ4v) is 2.69. The smallest absolute Gasteiger partial charge is 0.196 e. The molecule has 0 amide bonds. The van der Waals surface area contributed by atoms with Crippen LogP contribution in [0.25, 0.3) is 0 Å². The first-order chi connectivity index (χ1) is 9.50. The Morgan fingerprint density at radius 2 is 2.15 bits per heavy atom. The van der Waals surface area contributed by atoms with Crippen LogP contribution < -0.4 is 0 Å². The molecule has 2 heterocycles. The summed E-state index contributed by atoms with van der Waals surface area (Å²) in [5.41, 5.74) is 2.64. The van der Waals surface area contributed by atoms with E-state index >= 15 is 0 Å². The first-order valence-corrected chi connectivity index (χ1v) is 6.75. The standard InChI is InChI=1S/C15H22N2O3/c1-15(2)8-12(14(19-3)20-4)17-13(15)7-10-5-6-11(9-18)16-10/h5-6,9,13-14,16H,7-8H2,1-4H3. The Hall–Kier alpha value is -1.46. The van der Waals surface area contributed by atoms with Gasteiger partial charge in [-0.3, -0.25) is 9.79 Å². The number of carbonyl (C=O) groups excluding carboxylic acids is 1. The van der Waals surface area contributed by atoms with Crippen molar-refractivity contribution in [2.24, 2.45) is 10.4 Å². The predicted octanol–water partition coefficient (Wildman–Crippen LogP) is 2.23. The second-order valence-corrected chi connectivity index (χ2v) is 5.87. The molecule has 20 heavy (non-hydrogen) atoms. The van der Waals surface area contributed by atoms with Crippen LogP contribution in [0.4, 0.5) is 0 Å². The molecule has 110 valence electrons. The zero-order valence-corrected chi connectivity index (χ0v) is 12.5. The second kappa shape index (κ2) is 5.89. The van der Waals surface area contributed by atoms with E-state index in [4.69, 9.17) is 14.5 Å². The summed E-state index contributed by atoms with van der Waals surface area (Å²) in [6.45, 7) is 4.39. The minimum Gasteiger partial charge on any atom is -0.356 e. The number of rotatable bonds is 6. The topological polar surface area (TPSA) is 63.7 Å². The summed E-state index contributed by atoms with van der Waals surface area (Å²) in [5.74, 6) is 0. The number of aldehydes is 1. The molecule has 0 aromatic carbocycles. The third kappa shape index (κ3) is 2.99. The van der Waals surface area contributed by atoms with Crippen LogP contribution in [-0.4, -0.2) is 43.5 Å². The maximum atomic E-state index is 10.7. The van der Waals surface area contributed by atoms with E-state index in [1.165, 1.54) is 0 Å². The second-order valence-electron chi connectivity index (χ2n) is 5.87. The predicted molar refractivity (Wildman–Crippen MR) is 77.3 cm³/mol. The molecule has 2 rings (SSSR count). The van der Waals surface area contributed by atoms with Gasteiger partial charge in [-0.05, 0) is 24.0 Å². The highest BCUT2D eigenvalue weighted by molar-refractivity contribution is 5.90. The van der Waals surface area contributed by atoms with E-state index in [9.17, 15) is 4.79 Å². The summed E-state index contributed by atoms with van der Waals surface area (Å²) in [4.78, 5) is 18.6. The van der Waals surface area contributed by atoms with Crippen LogP contribution in [0.5, 0.6) is 0 Å². The van der Waals surface area contributed by atoms with Crippen molar-refractivity contribution in [3.8, 4) is 0 Å². The summed E-state index contributed by atoms with van der Waals surface area (Å²) < 4.78 is 10.6. The van der Waals surface area contributed by atoms with Gasteiger partial charge in [-0.15, -0.1) is 0 Å². The fourth-order valence-electron chi connectivity index (χ4n) is 2.69. The lowest BCUT2D eigenvalue weighted by Gasteiger charge is -2.25. The molecule has 5 heteroatoms. The highest BCUT2D eigenvalue weighted by Crippen LogP contribution is 2.37. The van der Waals surface area contributed by atoms with Gasteiger partial charge in [0.25, 0.3) is 0 Å². The van der Waals surface area contributed by atoms with E-state index in [0.29, 0.717) is 5.69 Å². The molecule has 1 aliphatic rings. The number of H-pyrrole nitrogens is 1. The maximum absolute atomic E-state index is 10.7. The summed E-state index contributed by atoms with van der Waals surface area (Å²) in [7, 11) is 3.25. The molecule has 0 saturated carbocycles. The molecule has 5 nitrogen and oxygen atoms in total. The molecule has 1 aliphatic heterocycles. The maximum Gasteiger partial charge on any atom is 0.196 e. The molecule has 0 saturated heterocycles. The van der Waals surface area contributed by atoms with E-state index in [2.05, 4.69) is 18.8 Å². The Morgan fingerprint density at radius 1 is 1.45 bits per heavy atom. The van der Waals surface area contributed by atoms with Crippen molar-refractivity contribution in [2.45, 2.75) is 39.0 Å². The van der Waals surface area contributed by atoms with Gasteiger partial charge < -0.3 is 14.5 Å². The Kier molecular flexibility index (Phi) is 4.40. The number of aromatic amines is 1. The van der Waals surface area contributed by atoms with Crippen LogP contribution >= 0.6 is 0 Å². The summed E-state index contributed by atoms with van der Waals surface area (Å²) in [6, 6.07) is 3.89. The number of carbonyl (C=O) groups is 1. The van der Waals surface area contributed by atoms with Crippen molar-refractivity contribution in [3.05, 3.63) is 23.5 Å². The monoisotopic (exact) mass is 278 g/mol. The fraction of sp³-hybridized carbons (Fsp3) is 0.600. The number of hydrogen-bond donors (Lipinski definition) is 1. The third-order valence-electron chi connectivity index (χ3n) is 3.87. The van der Waals surface area contributed by atoms with Gasteiger partial charge in [0.1, 0.15) is 0 Å². The molecule has 1 atom stereocenters. The van der Waals surface area contributed by atoms with Gasteiger partial charge in [-0.25, -0.2) is 0 Å². The molecule has 0 radical (unpaired) electrons. The zero-order valence-electron chi connectivity index (χ0n) is 12.5. The molecule has 0 bridgehead atoms. The van der Waals surface area contributed by atoms with Gasteiger partial charge in [0.2, 0.25) is 0 Å². The minimum atomic E-state index is -0.367. The number of ether oxygens (including phenoxy) is 2. The third-order valence-corrected chi connectivity index (χ3v) is 3.87. The lowest BCUT2D eigenvalue weighted by molar-refractivity contribution is -0.0532. The normalized spacial score (nSPS) is 21.2. The first kappa shape index (κ1) is 14.9. The molecule has 1 aromatic heterocycles. The van der Waals surface area contributed by atoms with Gasteiger partial charge >= 0.3 is 0 Å². The average Bonchev–Trinajstić information content (AvgIpc) is 2.97. The Bertz CT molecular complexity index is 501. The van der Waals surface area contributed by atoms with Crippen molar-refractivity contribution < 1.29 is 14.3 Å². The number of aliphatic imine (C=N–C) groups is 1. The first-order valence-electron chi connectivity index (χ1n) is 6.75. The van der Waals surface area contributed by atoms with Crippen LogP contribution in [0.15, 0.2) is 17.1 Å². The molecule has 0 aliphatic carbocycles. The van der Waals surface area contributed by atoms with Crippen molar-refractivity contribution in [1.82, 2.24) is 4.98 Å². The number of methoxy groups -OCH3 is 2. The summed E-state index contributed by atoms with van der Waals surface area (Å²) in [5, 5.41) is 0. The lowest BCUT2D eigenvalue weighted by Crippen LogP contribution is -2.28. The summed E-state index contributed by atoms with van der Waals surface area (Å²) >= 11 is 0. The van der Waals surface area contributed by atoms with Gasteiger partial charge in [0.05, 0.1) is 17.4 Å². The van der Waals surface area contributed by atoms with Crippen molar-refractivity contribution in [1.29, 1.82) is 0 Å². The van der Waals surface area contributed by atoms with Crippen LogP contribution in [0.1, 0.15) is 36.5 Å². The Labute approximate surface area is 119 Å². The van der Waals surface area contributed by atoms with E-state index < -0.39 is 0 Å². The minimum absolute atomic E-state index is 0.0527. The number of aromatic nitrogens is 1. The van der Waals surface area contributed by atoms with Crippen LogP contribution in [0.2, 0.25) is 0 Å². The van der Waals surface area contributed by atoms with Gasteiger partial charge in [-0.2, -0.15) is 0 Å². The molecule has 0 fully saturated rings. The zero-order chi connectivity index (χ0) is 14.8. The lowest BCUT2D eigenvalue weighted by atomic mass is 9.81. The van der Waals surface area contributed by atoms with Crippen LogP contribution in [0, 0.1) is 5.41 Å². The number of nitrogens with one attached hydrogen (secondary N) is 1. The number of hydrogen-bond acceptors (Lipinski definition) is 4. The van der Waals surface area contributed by atoms with Gasteiger partial charge in [0, 0.05) is 26.3 Å². The molecular formula is C15H22N2O3. The van der Waals surface area contributed by atoms with Crippen LogP contribution in [0.3, 0.4) is 0 Å². The van der Waals surface area contributed by atoms with Crippen molar-refractivity contribution in [3.63, 3.8) is 0 Å². The average molecular weight is 278 g/mol. The Morgan fingerprint density at radius 3 is 2.70 bits per heavy atom. The van der Waals surface area contributed by atoms with E-state index in [1.807, 2.05) is 6.07 Å². The Balaban J connectivity index is 2.14. The van der Waals surface area contributed by atoms with Crippen molar-refractivity contribution >= 4 is 12.0 Å². The van der Waals surface area contributed by atoms with Crippen LogP contribution in [-0.2, 0) is 15.9 Å². The van der Waals surface area contributed by atoms with Crippen molar-refractivity contribution in [2.75, 3.05) is 14.2 Å². The molecule has 0 spiro atoms. The number of nitrogens with zero attached hydrogens (tertiary/aromatic N) is 1. The summed E-state index contributed by atoms with van der Waals surface area (Å²) in [6.07, 6.45) is 2.09. The van der Waals surface area contributed by atoms with Gasteiger partial charge in [0.15, 0.2) is 12.6 Å². The highest BCUT2D eigenvalue weighted by atomic mass is 16.7. The van der Waals surface area contributed by atoms with E-state index in [0.717, 1.165) is 30.5 Å². The van der Waals surface area contributed by atoms with E-state index in [-0.39, 0.29) is 17.7 Å². The molecular weight excluding hydrogens is 256 g/mol. The quantitative estimate of drug-likeness (QED) is 0.641. The molecule has 1 N–H and O–H groups in total. The highest BCUT2D eigenvalue weighted by Gasteiger charge is 2.39. The van der Waals surface area contributed by atoms with E-state index in [1.54, 1.807) is 20.3 Å². The largest absolute Gasteiger partial charge is 0.356 e. The molecule has 1 unspecified atom stereocenters. The SMILES string of the molecule is COC(OC)C1=NC(Cc2ccc(C=O)[nH]2)C(C)(C)C1. The molecule has 1 aromatic rings.